The fourth-order valence-corrected chi connectivity index (χ4v) is 2.97. The lowest BCUT2D eigenvalue weighted by Crippen LogP contribution is -2.48. The third-order valence-corrected chi connectivity index (χ3v) is 4.17. The van der Waals surface area contributed by atoms with E-state index in [9.17, 15) is 9.59 Å². The molecule has 0 bridgehead atoms. The van der Waals surface area contributed by atoms with Crippen LogP contribution in [-0.4, -0.2) is 49.6 Å². The Kier molecular flexibility index (Phi) is 5.96. The van der Waals surface area contributed by atoms with Gasteiger partial charge in [0.1, 0.15) is 18.3 Å². The Morgan fingerprint density at radius 3 is 2.74 bits per heavy atom. The maximum absolute atomic E-state index is 11.7. The van der Waals surface area contributed by atoms with Crippen LogP contribution in [0.3, 0.4) is 0 Å². The first-order chi connectivity index (χ1) is 11.0. The smallest absolute Gasteiger partial charge is 0.333 e. The Bertz CT molecular complexity index is 479. The highest BCUT2D eigenvalue weighted by atomic mass is 16.6. The van der Waals surface area contributed by atoms with E-state index < -0.39 is 23.6 Å². The predicted molar refractivity (Wildman–Crippen MR) is 82.7 cm³/mol. The van der Waals surface area contributed by atoms with Crippen LogP contribution in [0.1, 0.15) is 32.6 Å². The minimum Gasteiger partial charge on any atom is -0.459 e. The molecular formula is C17H24O6. The van der Waals surface area contributed by atoms with Gasteiger partial charge in [-0.25, -0.2) is 9.59 Å². The van der Waals surface area contributed by atoms with Gasteiger partial charge in [0.15, 0.2) is 0 Å². The van der Waals surface area contributed by atoms with Crippen molar-refractivity contribution in [2.24, 2.45) is 0 Å². The van der Waals surface area contributed by atoms with E-state index in [1.165, 1.54) is 0 Å². The molecule has 3 atom stereocenters. The van der Waals surface area contributed by atoms with Crippen LogP contribution in [0.2, 0.25) is 0 Å². The molecule has 3 unspecified atom stereocenters. The summed E-state index contributed by atoms with van der Waals surface area (Å²) in [4.78, 5) is 23.3. The molecular weight excluding hydrogens is 300 g/mol. The summed E-state index contributed by atoms with van der Waals surface area (Å²) in [6.07, 6.45) is 3.62. The van der Waals surface area contributed by atoms with Crippen molar-refractivity contribution in [3.05, 3.63) is 24.8 Å². The molecule has 0 aromatic heterocycles. The summed E-state index contributed by atoms with van der Waals surface area (Å²) in [7, 11) is 0. The molecule has 128 valence electrons. The molecule has 23 heavy (non-hydrogen) atoms. The molecule has 0 amide bonds. The van der Waals surface area contributed by atoms with E-state index in [0.29, 0.717) is 31.6 Å². The van der Waals surface area contributed by atoms with Gasteiger partial charge in [0, 0.05) is 31.1 Å². The molecule has 0 spiro atoms. The molecule has 0 aromatic rings. The first-order valence-corrected chi connectivity index (χ1v) is 7.88. The second kappa shape index (κ2) is 7.75. The summed E-state index contributed by atoms with van der Waals surface area (Å²) in [6, 6.07) is 0. The van der Waals surface area contributed by atoms with Crippen LogP contribution in [0.15, 0.2) is 24.8 Å². The summed E-state index contributed by atoms with van der Waals surface area (Å²) in [5, 5.41) is 0. The van der Waals surface area contributed by atoms with Crippen LogP contribution >= 0.6 is 0 Å². The van der Waals surface area contributed by atoms with Gasteiger partial charge in [0.25, 0.3) is 0 Å². The summed E-state index contributed by atoms with van der Waals surface area (Å²) >= 11 is 0. The summed E-state index contributed by atoms with van der Waals surface area (Å²) < 4.78 is 22.3. The highest BCUT2D eigenvalue weighted by Gasteiger charge is 2.49. The van der Waals surface area contributed by atoms with Crippen molar-refractivity contribution in [1.82, 2.24) is 0 Å². The number of rotatable bonds is 7. The molecule has 6 nitrogen and oxygen atoms in total. The zero-order valence-corrected chi connectivity index (χ0v) is 13.5. The van der Waals surface area contributed by atoms with Crippen LogP contribution in [0.5, 0.6) is 0 Å². The van der Waals surface area contributed by atoms with E-state index in [0.717, 1.165) is 18.9 Å². The Morgan fingerprint density at radius 1 is 1.35 bits per heavy atom. The molecule has 6 heteroatoms. The van der Waals surface area contributed by atoms with Crippen molar-refractivity contribution < 1.29 is 28.5 Å². The predicted octanol–water partition coefficient (Wildman–Crippen LogP) is 1.93. The topological polar surface area (TPSA) is 71.1 Å². The van der Waals surface area contributed by atoms with Gasteiger partial charge < -0.3 is 18.9 Å². The molecule has 0 N–H and O–H groups in total. The normalized spacial score (nSPS) is 30.0. The molecule has 0 saturated carbocycles. The average molecular weight is 324 g/mol. The van der Waals surface area contributed by atoms with Crippen LogP contribution in [0, 0.1) is 0 Å². The third kappa shape index (κ3) is 4.42. The van der Waals surface area contributed by atoms with Crippen LogP contribution in [-0.2, 0) is 28.5 Å². The van der Waals surface area contributed by atoms with Crippen molar-refractivity contribution in [2.75, 3.05) is 19.8 Å². The number of carbonyl (C=O) groups is 2. The second-order valence-corrected chi connectivity index (χ2v) is 6.03. The van der Waals surface area contributed by atoms with Gasteiger partial charge in [0.05, 0.1) is 12.7 Å². The van der Waals surface area contributed by atoms with Gasteiger partial charge in [-0.3, -0.25) is 0 Å². The molecule has 2 aliphatic heterocycles. The highest BCUT2D eigenvalue weighted by Crippen LogP contribution is 2.36. The lowest BCUT2D eigenvalue weighted by atomic mass is 9.90. The Morgan fingerprint density at radius 2 is 2.13 bits per heavy atom. The Hall–Kier alpha value is -1.66. The Labute approximate surface area is 136 Å². The minimum absolute atomic E-state index is 0.00758. The number of esters is 2. The van der Waals surface area contributed by atoms with E-state index in [4.69, 9.17) is 18.9 Å². The molecule has 2 aliphatic rings. The molecule has 2 saturated heterocycles. The summed E-state index contributed by atoms with van der Waals surface area (Å²) in [5.74, 6) is -0.996. The molecule has 0 aromatic carbocycles. The summed E-state index contributed by atoms with van der Waals surface area (Å²) in [6.45, 7) is 9.72. The zero-order valence-electron chi connectivity index (χ0n) is 13.5. The minimum atomic E-state index is -0.876. The SMILES string of the molecule is C=CC(=O)OC1CCOC1(COC(=O)C(=C)C)CC1CCCO1. The first-order valence-electron chi connectivity index (χ1n) is 7.88. The van der Waals surface area contributed by atoms with Gasteiger partial charge in [-0.15, -0.1) is 0 Å². The van der Waals surface area contributed by atoms with Crippen molar-refractivity contribution in [2.45, 2.75) is 50.4 Å². The van der Waals surface area contributed by atoms with E-state index in [-0.39, 0.29) is 12.7 Å². The van der Waals surface area contributed by atoms with E-state index in [1.54, 1.807) is 6.92 Å². The lowest BCUT2D eigenvalue weighted by Gasteiger charge is -2.34. The third-order valence-electron chi connectivity index (χ3n) is 4.17. The molecule has 2 rings (SSSR count). The maximum Gasteiger partial charge on any atom is 0.333 e. The molecule has 0 radical (unpaired) electrons. The molecule has 2 fully saturated rings. The quantitative estimate of drug-likeness (QED) is 0.526. The Balaban J connectivity index is 2.11. The average Bonchev–Trinajstić information content (AvgIpc) is 3.16. The van der Waals surface area contributed by atoms with E-state index in [1.807, 2.05) is 0 Å². The monoisotopic (exact) mass is 324 g/mol. The van der Waals surface area contributed by atoms with Crippen LogP contribution in [0.4, 0.5) is 0 Å². The number of carbonyl (C=O) groups excluding carboxylic acids is 2. The first kappa shape index (κ1) is 17.7. The maximum atomic E-state index is 11.7. The lowest BCUT2D eigenvalue weighted by molar-refractivity contribution is -0.171. The van der Waals surface area contributed by atoms with Gasteiger partial charge in [0.2, 0.25) is 0 Å². The van der Waals surface area contributed by atoms with Crippen molar-refractivity contribution in [3.63, 3.8) is 0 Å². The number of hydrogen-bond donors (Lipinski definition) is 0. The molecule has 0 aliphatic carbocycles. The standard InChI is InChI=1S/C17H24O6/c1-4-15(18)23-14-7-9-22-17(14,10-13-6-5-8-20-13)11-21-16(19)12(2)3/h4,13-14H,1-2,5-11H2,3H3. The van der Waals surface area contributed by atoms with Crippen LogP contribution < -0.4 is 0 Å². The van der Waals surface area contributed by atoms with Crippen molar-refractivity contribution in [3.8, 4) is 0 Å². The number of ether oxygens (including phenoxy) is 4. The zero-order chi connectivity index (χ0) is 16.9. The summed E-state index contributed by atoms with van der Waals surface area (Å²) in [5.41, 5.74) is -0.561. The van der Waals surface area contributed by atoms with E-state index in [2.05, 4.69) is 13.2 Å². The van der Waals surface area contributed by atoms with Crippen LogP contribution in [0.25, 0.3) is 0 Å². The van der Waals surface area contributed by atoms with E-state index >= 15 is 0 Å². The number of hydrogen-bond acceptors (Lipinski definition) is 6. The molecule has 2 heterocycles. The van der Waals surface area contributed by atoms with Crippen molar-refractivity contribution in [1.29, 1.82) is 0 Å². The fourth-order valence-electron chi connectivity index (χ4n) is 2.97. The van der Waals surface area contributed by atoms with Crippen molar-refractivity contribution >= 4 is 11.9 Å². The second-order valence-electron chi connectivity index (χ2n) is 6.03. The highest BCUT2D eigenvalue weighted by molar-refractivity contribution is 5.87. The van der Waals surface area contributed by atoms with Gasteiger partial charge >= 0.3 is 11.9 Å². The largest absolute Gasteiger partial charge is 0.459 e. The van der Waals surface area contributed by atoms with Gasteiger partial charge in [-0.05, 0) is 19.8 Å². The fraction of sp³-hybridized carbons (Fsp3) is 0.647. The van der Waals surface area contributed by atoms with Gasteiger partial charge in [-0.2, -0.15) is 0 Å². The van der Waals surface area contributed by atoms with Gasteiger partial charge in [-0.1, -0.05) is 13.2 Å².